The highest BCUT2D eigenvalue weighted by Gasteiger charge is 2.23. The first-order valence-corrected chi connectivity index (χ1v) is 7.35. The molecule has 1 unspecified atom stereocenters. The standard InChI is InChI=1S/C13H20N2O2S/c1-3-7-17-11-5-4-6-15(8-11)13-14-10(2)12(9-16)18-13/h9,11H,3-8H2,1-2H3. The van der Waals surface area contributed by atoms with E-state index in [1.54, 1.807) is 0 Å². The van der Waals surface area contributed by atoms with Gasteiger partial charge >= 0.3 is 0 Å². The smallest absolute Gasteiger partial charge is 0.186 e. The molecule has 0 saturated carbocycles. The van der Waals surface area contributed by atoms with Crippen molar-refractivity contribution in [2.75, 3.05) is 24.6 Å². The predicted octanol–water partition coefficient (Wildman–Crippen LogP) is 2.66. The maximum Gasteiger partial charge on any atom is 0.186 e. The number of thiazole rings is 1. The third kappa shape index (κ3) is 3.09. The molecule has 1 aliphatic rings. The Hall–Kier alpha value is -0.940. The zero-order valence-corrected chi connectivity index (χ0v) is 11.8. The Kier molecular flexibility index (Phi) is 4.72. The van der Waals surface area contributed by atoms with Gasteiger partial charge in [-0.3, -0.25) is 4.79 Å². The van der Waals surface area contributed by atoms with E-state index in [9.17, 15) is 4.79 Å². The number of anilines is 1. The monoisotopic (exact) mass is 268 g/mol. The summed E-state index contributed by atoms with van der Waals surface area (Å²) in [5.74, 6) is 0. The lowest BCUT2D eigenvalue weighted by Crippen LogP contribution is -2.39. The van der Waals surface area contributed by atoms with E-state index in [1.807, 2.05) is 6.92 Å². The second kappa shape index (κ2) is 6.29. The highest BCUT2D eigenvalue weighted by molar-refractivity contribution is 7.17. The van der Waals surface area contributed by atoms with Gasteiger partial charge < -0.3 is 9.64 Å². The predicted molar refractivity (Wildman–Crippen MR) is 73.7 cm³/mol. The summed E-state index contributed by atoms with van der Waals surface area (Å²) in [4.78, 5) is 18.3. The van der Waals surface area contributed by atoms with Gasteiger partial charge in [-0.05, 0) is 26.2 Å². The minimum absolute atomic E-state index is 0.308. The molecule has 0 N–H and O–H groups in total. The van der Waals surface area contributed by atoms with Crippen LogP contribution in [0.2, 0.25) is 0 Å². The molecule has 0 bridgehead atoms. The lowest BCUT2D eigenvalue weighted by atomic mass is 10.1. The molecule has 0 spiro atoms. The molecule has 18 heavy (non-hydrogen) atoms. The number of hydrogen-bond acceptors (Lipinski definition) is 5. The Labute approximate surface area is 112 Å². The molecule has 2 heterocycles. The number of carbonyl (C=O) groups is 1. The molecule has 1 aromatic rings. The van der Waals surface area contributed by atoms with E-state index in [-0.39, 0.29) is 0 Å². The molecular weight excluding hydrogens is 248 g/mol. The number of carbonyl (C=O) groups excluding carboxylic acids is 1. The Morgan fingerprint density at radius 3 is 3.11 bits per heavy atom. The van der Waals surface area contributed by atoms with E-state index in [1.165, 1.54) is 11.3 Å². The minimum Gasteiger partial charge on any atom is -0.376 e. The first kappa shape index (κ1) is 13.5. The lowest BCUT2D eigenvalue weighted by Gasteiger charge is -2.32. The van der Waals surface area contributed by atoms with Gasteiger partial charge in [-0.15, -0.1) is 0 Å². The van der Waals surface area contributed by atoms with Crippen molar-refractivity contribution in [3.8, 4) is 0 Å². The normalized spacial score (nSPS) is 20.1. The molecule has 2 rings (SSSR count). The average Bonchev–Trinajstić information content (AvgIpc) is 2.78. The molecule has 100 valence electrons. The van der Waals surface area contributed by atoms with Gasteiger partial charge in [0, 0.05) is 19.7 Å². The van der Waals surface area contributed by atoms with Crippen molar-refractivity contribution in [2.45, 2.75) is 39.2 Å². The molecule has 0 aliphatic carbocycles. The first-order valence-electron chi connectivity index (χ1n) is 6.53. The summed E-state index contributed by atoms with van der Waals surface area (Å²) < 4.78 is 5.81. The van der Waals surface area contributed by atoms with Gasteiger partial charge in [0.05, 0.1) is 16.7 Å². The quantitative estimate of drug-likeness (QED) is 0.770. The molecule has 1 aromatic heterocycles. The molecule has 1 aliphatic heterocycles. The van der Waals surface area contributed by atoms with Crippen LogP contribution < -0.4 is 4.90 Å². The molecule has 1 fully saturated rings. The van der Waals surface area contributed by atoms with Crippen LogP contribution in [0.25, 0.3) is 0 Å². The van der Waals surface area contributed by atoms with E-state index in [0.717, 1.165) is 60.9 Å². The van der Waals surface area contributed by atoms with Crippen LogP contribution in [0.15, 0.2) is 0 Å². The van der Waals surface area contributed by atoms with Crippen molar-refractivity contribution in [3.05, 3.63) is 10.6 Å². The first-order chi connectivity index (χ1) is 8.74. The Morgan fingerprint density at radius 2 is 2.44 bits per heavy atom. The van der Waals surface area contributed by atoms with Crippen molar-refractivity contribution in [1.82, 2.24) is 4.98 Å². The van der Waals surface area contributed by atoms with Crippen LogP contribution in [0.1, 0.15) is 41.6 Å². The van der Waals surface area contributed by atoms with Gasteiger partial charge in [-0.25, -0.2) is 4.98 Å². The fourth-order valence-corrected chi connectivity index (χ4v) is 3.09. The van der Waals surface area contributed by atoms with E-state index in [0.29, 0.717) is 6.10 Å². The maximum absolute atomic E-state index is 10.9. The molecule has 0 aromatic carbocycles. The average molecular weight is 268 g/mol. The summed E-state index contributed by atoms with van der Waals surface area (Å²) in [6, 6.07) is 0. The van der Waals surface area contributed by atoms with Crippen LogP contribution in [0.4, 0.5) is 5.13 Å². The number of aromatic nitrogens is 1. The van der Waals surface area contributed by atoms with Gasteiger partial charge in [0.25, 0.3) is 0 Å². The van der Waals surface area contributed by atoms with Crippen LogP contribution in [-0.4, -0.2) is 37.1 Å². The van der Waals surface area contributed by atoms with Crippen molar-refractivity contribution >= 4 is 22.8 Å². The van der Waals surface area contributed by atoms with Crippen molar-refractivity contribution in [3.63, 3.8) is 0 Å². The zero-order valence-electron chi connectivity index (χ0n) is 11.0. The molecule has 5 heteroatoms. The number of aldehydes is 1. The Balaban J connectivity index is 2.01. The number of nitrogens with zero attached hydrogens (tertiary/aromatic N) is 2. The Morgan fingerprint density at radius 1 is 1.61 bits per heavy atom. The molecule has 1 saturated heterocycles. The lowest BCUT2D eigenvalue weighted by molar-refractivity contribution is 0.0440. The number of piperidine rings is 1. The Bertz CT molecular complexity index is 406. The number of aryl methyl sites for hydroxylation is 1. The fourth-order valence-electron chi connectivity index (χ4n) is 2.17. The molecule has 1 atom stereocenters. The largest absolute Gasteiger partial charge is 0.376 e. The van der Waals surface area contributed by atoms with Crippen LogP contribution in [0.5, 0.6) is 0 Å². The summed E-state index contributed by atoms with van der Waals surface area (Å²) >= 11 is 1.48. The van der Waals surface area contributed by atoms with Crippen molar-refractivity contribution in [2.24, 2.45) is 0 Å². The second-order valence-electron chi connectivity index (χ2n) is 4.64. The van der Waals surface area contributed by atoms with Crippen LogP contribution in [-0.2, 0) is 4.74 Å². The maximum atomic E-state index is 10.9. The van der Waals surface area contributed by atoms with Gasteiger partial charge in [0.1, 0.15) is 0 Å². The third-order valence-electron chi connectivity index (χ3n) is 3.13. The number of rotatable bonds is 5. The summed E-state index contributed by atoms with van der Waals surface area (Å²) in [7, 11) is 0. The van der Waals surface area contributed by atoms with Crippen LogP contribution >= 0.6 is 11.3 Å². The molecular formula is C13H20N2O2S. The van der Waals surface area contributed by atoms with Crippen LogP contribution in [0.3, 0.4) is 0 Å². The van der Waals surface area contributed by atoms with Crippen molar-refractivity contribution < 1.29 is 9.53 Å². The summed E-state index contributed by atoms with van der Waals surface area (Å²) in [5.41, 5.74) is 0.835. The number of ether oxygens (including phenoxy) is 1. The van der Waals surface area contributed by atoms with Crippen molar-refractivity contribution in [1.29, 1.82) is 0 Å². The van der Waals surface area contributed by atoms with Gasteiger partial charge in [0.15, 0.2) is 11.4 Å². The molecule has 0 radical (unpaired) electrons. The van der Waals surface area contributed by atoms with E-state index >= 15 is 0 Å². The van der Waals surface area contributed by atoms with Gasteiger partial charge in [0.2, 0.25) is 0 Å². The summed E-state index contributed by atoms with van der Waals surface area (Å²) in [6.45, 7) is 6.75. The highest BCUT2D eigenvalue weighted by Crippen LogP contribution is 2.27. The number of hydrogen-bond donors (Lipinski definition) is 0. The second-order valence-corrected chi connectivity index (χ2v) is 5.65. The molecule has 0 amide bonds. The zero-order chi connectivity index (χ0) is 13.0. The van der Waals surface area contributed by atoms with Crippen LogP contribution in [0, 0.1) is 6.92 Å². The SMILES string of the molecule is CCCOC1CCCN(c2nc(C)c(C=O)s2)C1. The molecule has 4 nitrogen and oxygen atoms in total. The van der Waals surface area contributed by atoms with E-state index < -0.39 is 0 Å². The summed E-state index contributed by atoms with van der Waals surface area (Å²) in [5, 5.41) is 0.958. The van der Waals surface area contributed by atoms with Gasteiger partial charge in [-0.1, -0.05) is 18.3 Å². The third-order valence-corrected chi connectivity index (χ3v) is 4.28. The van der Waals surface area contributed by atoms with E-state index in [2.05, 4.69) is 16.8 Å². The van der Waals surface area contributed by atoms with Gasteiger partial charge in [-0.2, -0.15) is 0 Å². The van der Waals surface area contributed by atoms with E-state index in [4.69, 9.17) is 4.74 Å². The summed E-state index contributed by atoms with van der Waals surface area (Å²) in [6.07, 6.45) is 4.51. The minimum atomic E-state index is 0.308. The topological polar surface area (TPSA) is 42.4 Å². The fraction of sp³-hybridized carbons (Fsp3) is 0.692. The highest BCUT2D eigenvalue weighted by atomic mass is 32.1.